The molecule has 1 amide bonds. The van der Waals surface area contributed by atoms with Crippen molar-refractivity contribution in [2.75, 3.05) is 0 Å². The average Bonchev–Trinajstić information content (AvgIpc) is 2.46. The number of hydrogen-bond acceptors (Lipinski definition) is 4. The summed E-state index contributed by atoms with van der Waals surface area (Å²) in [5.41, 5.74) is 5.67. The van der Waals surface area contributed by atoms with Crippen LogP contribution in [0.1, 0.15) is 15.9 Å². The lowest BCUT2D eigenvalue weighted by molar-refractivity contribution is -0.384. The molecule has 0 saturated carbocycles. The fourth-order valence-corrected chi connectivity index (χ4v) is 1.91. The third-order valence-corrected chi connectivity index (χ3v) is 3.15. The van der Waals surface area contributed by atoms with Crippen LogP contribution in [0.4, 0.5) is 5.69 Å². The highest BCUT2D eigenvalue weighted by Gasteiger charge is 2.16. The van der Waals surface area contributed by atoms with E-state index in [1.54, 1.807) is 24.3 Å². The summed E-state index contributed by atoms with van der Waals surface area (Å²) in [5, 5.41) is 11.2. The summed E-state index contributed by atoms with van der Waals surface area (Å²) >= 11 is 6.00. The Morgan fingerprint density at radius 1 is 1.29 bits per heavy atom. The summed E-state index contributed by atoms with van der Waals surface area (Å²) in [6.45, 7) is 0.123. The Hall–Kier alpha value is -2.60. The van der Waals surface area contributed by atoms with E-state index >= 15 is 0 Å². The first-order chi connectivity index (χ1) is 9.99. The lowest BCUT2D eigenvalue weighted by Crippen LogP contribution is -2.13. The van der Waals surface area contributed by atoms with Crippen molar-refractivity contribution in [2.24, 2.45) is 5.73 Å². The topological polar surface area (TPSA) is 95.5 Å². The fraction of sp³-hybridized carbons (Fsp3) is 0.0714. The quantitative estimate of drug-likeness (QED) is 0.678. The van der Waals surface area contributed by atoms with Crippen LogP contribution in [0.15, 0.2) is 42.5 Å². The third-order valence-electron chi connectivity index (χ3n) is 2.78. The van der Waals surface area contributed by atoms with Crippen LogP contribution in [-0.4, -0.2) is 10.8 Å². The second-order valence-corrected chi connectivity index (χ2v) is 4.59. The minimum absolute atomic E-state index is 0.0451. The predicted molar refractivity (Wildman–Crippen MR) is 77.4 cm³/mol. The van der Waals surface area contributed by atoms with E-state index in [0.717, 1.165) is 11.6 Å². The van der Waals surface area contributed by atoms with E-state index < -0.39 is 10.8 Å². The number of non-ortho nitro benzene ring substituents is 1. The van der Waals surface area contributed by atoms with Crippen molar-refractivity contribution >= 4 is 23.2 Å². The van der Waals surface area contributed by atoms with Gasteiger partial charge in [-0.25, -0.2) is 0 Å². The van der Waals surface area contributed by atoms with Crippen molar-refractivity contribution in [3.63, 3.8) is 0 Å². The highest BCUT2D eigenvalue weighted by Crippen LogP contribution is 2.25. The maximum Gasteiger partial charge on any atom is 0.270 e. The molecule has 2 aromatic carbocycles. The molecule has 2 rings (SSSR count). The van der Waals surface area contributed by atoms with Crippen molar-refractivity contribution in [1.82, 2.24) is 0 Å². The normalized spacial score (nSPS) is 10.1. The number of primary amides is 1. The third kappa shape index (κ3) is 3.49. The minimum atomic E-state index is -0.798. The highest BCUT2D eigenvalue weighted by molar-refractivity contribution is 6.31. The molecule has 0 heterocycles. The number of halogens is 1. The molecular weight excluding hydrogens is 296 g/mol. The number of nitrogens with two attached hydrogens (primary N) is 1. The smallest absolute Gasteiger partial charge is 0.270 e. The lowest BCUT2D eigenvalue weighted by Gasteiger charge is -2.10. The number of hydrogen-bond donors (Lipinski definition) is 1. The molecule has 6 nitrogen and oxygen atoms in total. The van der Waals surface area contributed by atoms with Crippen molar-refractivity contribution in [3.8, 4) is 5.75 Å². The number of rotatable bonds is 5. The van der Waals surface area contributed by atoms with Crippen molar-refractivity contribution in [3.05, 3.63) is 68.7 Å². The molecule has 0 atom stereocenters. The van der Waals surface area contributed by atoms with E-state index in [1.807, 2.05) is 0 Å². The fourth-order valence-electron chi connectivity index (χ4n) is 1.72. The van der Waals surface area contributed by atoms with E-state index in [-0.39, 0.29) is 23.6 Å². The van der Waals surface area contributed by atoms with Crippen molar-refractivity contribution < 1.29 is 14.5 Å². The van der Waals surface area contributed by atoms with E-state index in [4.69, 9.17) is 22.1 Å². The van der Waals surface area contributed by atoms with E-state index in [1.165, 1.54) is 12.1 Å². The maximum atomic E-state index is 11.4. The molecule has 0 aliphatic rings. The summed E-state index contributed by atoms with van der Waals surface area (Å²) in [6, 6.07) is 10.7. The van der Waals surface area contributed by atoms with Crippen LogP contribution in [0.2, 0.25) is 5.02 Å². The molecule has 0 aliphatic carbocycles. The van der Waals surface area contributed by atoms with Gasteiger partial charge in [0.25, 0.3) is 11.6 Å². The van der Waals surface area contributed by atoms with Crippen LogP contribution in [0.3, 0.4) is 0 Å². The second-order valence-electron chi connectivity index (χ2n) is 4.18. The molecule has 0 radical (unpaired) electrons. The number of ether oxygens (including phenoxy) is 1. The van der Waals surface area contributed by atoms with Gasteiger partial charge in [-0.05, 0) is 12.1 Å². The first kappa shape index (κ1) is 14.8. The zero-order valence-corrected chi connectivity index (χ0v) is 11.5. The Labute approximate surface area is 125 Å². The lowest BCUT2D eigenvalue weighted by atomic mass is 10.1. The van der Waals surface area contributed by atoms with E-state index in [2.05, 4.69) is 0 Å². The first-order valence-electron chi connectivity index (χ1n) is 5.93. The molecule has 0 aliphatic heterocycles. The van der Waals surface area contributed by atoms with Crippen LogP contribution in [0, 0.1) is 10.1 Å². The predicted octanol–water partition coefficient (Wildman–Crippen LogP) is 2.93. The molecular formula is C14H11ClN2O4. The van der Waals surface area contributed by atoms with Crippen LogP contribution in [-0.2, 0) is 6.61 Å². The number of nitro groups is 1. The Kier molecular flexibility index (Phi) is 4.39. The Balaban J connectivity index is 2.26. The zero-order chi connectivity index (χ0) is 15.4. The van der Waals surface area contributed by atoms with Crippen LogP contribution >= 0.6 is 11.6 Å². The number of amides is 1. The molecule has 21 heavy (non-hydrogen) atoms. The molecule has 0 spiro atoms. The molecule has 2 N–H and O–H groups in total. The summed E-state index contributed by atoms with van der Waals surface area (Å²) < 4.78 is 5.49. The Morgan fingerprint density at radius 3 is 2.62 bits per heavy atom. The highest BCUT2D eigenvalue weighted by atomic mass is 35.5. The van der Waals surface area contributed by atoms with Crippen LogP contribution in [0.25, 0.3) is 0 Å². The van der Waals surface area contributed by atoms with Crippen LogP contribution in [0.5, 0.6) is 5.75 Å². The van der Waals surface area contributed by atoms with E-state index in [9.17, 15) is 14.9 Å². The number of nitrogens with zero attached hydrogens (tertiary/aromatic N) is 1. The largest absolute Gasteiger partial charge is 0.488 e. The monoisotopic (exact) mass is 306 g/mol. The average molecular weight is 307 g/mol. The molecule has 0 saturated heterocycles. The van der Waals surface area contributed by atoms with Gasteiger partial charge >= 0.3 is 0 Å². The molecule has 108 valence electrons. The summed E-state index contributed by atoms with van der Waals surface area (Å²) in [4.78, 5) is 21.5. The van der Waals surface area contributed by atoms with Gasteiger partial charge in [-0.3, -0.25) is 14.9 Å². The standard InChI is InChI=1S/C14H11ClN2O4/c15-12-4-2-1-3-9(12)8-21-13-6-5-10(17(19)20)7-11(13)14(16)18/h1-7H,8H2,(H2,16,18). The van der Waals surface area contributed by atoms with Gasteiger partial charge in [-0.15, -0.1) is 0 Å². The van der Waals surface area contributed by atoms with Gasteiger partial charge < -0.3 is 10.5 Å². The van der Waals surface area contributed by atoms with Gasteiger partial charge in [0.15, 0.2) is 0 Å². The maximum absolute atomic E-state index is 11.4. The second kappa shape index (κ2) is 6.23. The van der Waals surface area contributed by atoms with Gasteiger partial charge in [0.2, 0.25) is 0 Å². The minimum Gasteiger partial charge on any atom is -0.488 e. The first-order valence-corrected chi connectivity index (χ1v) is 6.31. The summed E-state index contributed by atoms with van der Waals surface area (Å²) in [5.74, 6) is -0.624. The molecule has 0 fully saturated rings. The molecule has 0 unspecified atom stereocenters. The molecule has 7 heteroatoms. The number of carbonyl (C=O) groups excluding carboxylic acids is 1. The molecule has 0 aromatic heterocycles. The number of carbonyl (C=O) groups is 1. The van der Waals surface area contributed by atoms with Crippen molar-refractivity contribution in [2.45, 2.75) is 6.61 Å². The summed E-state index contributed by atoms with van der Waals surface area (Å²) in [6.07, 6.45) is 0. The molecule has 2 aromatic rings. The summed E-state index contributed by atoms with van der Waals surface area (Å²) in [7, 11) is 0. The van der Waals surface area contributed by atoms with Crippen molar-refractivity contribution in [1.29, 1.82) is 0 Å². The van der Waals surface area contributed by atoms with Gasteiger partial charge in [0.1, 0.15) is 12.4 Å². The van der Waals surface area contributed by atoms with Crippen LogP contribution < -0.4 is 10.5 Å². The van der Waals surface area contributed by atoms with Gasteiger partial charge in [-0.2, -0.15) is 0 Å². The Morgan fingerprint density at radius 2 is 2.00 bits per heavy atom. The van der Waals surface area contributed by atoms with Gasteiger partial charge in [0, 0.05) is 22.7 Å². The zero-order valence-electron chi connectivity index (χ0n) is 10.8. The number of benzene rings is 2. The Bertz CT molecular complexity index is 703. The van der Waals surface area contributed by atoms with E-state index in [0.29, 0.717) is 5.02 Å². The van der Waals surface area contributed by atoms with Gasteiger partial charge in [0.05, 0.1) is 10.5 Å². The SMILES string of the molecule is NC(=O)c1cc([N+](=O)[O-])ccc1OCc1ccccc1Cl. The molecule has 0 bridgehead atoms. The number of nitro benzene ring substituents is 1. The van der Waals surface area contributed by atoms with Gasteiger partial charge in [-0.1, -0.05) is 29.8 Å².